The van der Waals surface area contributed by atoms with Crippen LogP contribution in [0.1, 0.15) is 37.6 Å². The maximum Gasteiger partial charge on any atom is 0.165 e. The number of carbonyl (C=O) groups is 1. The van der Waals surface area contributed by atoms with Gasteiger partial charge in [-0.25, -0.2) is 9.97 Å². The molecular weight excluding hydrogens is 222 g/mol. The molecule has 0 unspecified atom stereocenters. The molecule has 0 aromatic carbocycles. The number of Topliss-reactive ketones (excluding diaryl/α,β-unsaturated/α-hetero) is 1. The van der Waals surface area contributed by atoms with Gasteiger partial charge in [0.25, 0.3) is 0 Å². The van der Waals surface area contributed by atoms with Crippen LogP contribution in [0.5, 0.6) is 0 Å². The summed E-state index contributed by atoms with van der Waals surface area (Å²) in [6.07, 6.45) is 4.17. The molecule has 0 aliphatic heterocycles. The summed E-state index contributed by atoms with van der Waals surface area (Å²) in [5.74, 6) is 1.24. The van der Waals surface area contributed by atoms with E-state index in [1.54, 1.807) is 0 Å². The van der Waals surface area contributed by atoms with Crippen LogP contribution in [0.3, 0.4) is 0 Å². The van der Waals surface area contributed by atoms with Crippen LogP contribution in [0.15, 0.2) is 12.5 Å². The Bertz CT molecular complexity index is 318. The molecule has 0 amide bonds. The fourth-order valence-corrected chi connectivity index (χ4v) is 1.01. The number of anilines is 1. The summed E-state index contributed by atoms with van der Waals surface area (Å²) in [7, 11) is 0. The zero-order valence-corrected chi connectivity index (χ0v) is 10.9. The van der Waals surface area contributed by atoms with Gasteiger partial charge in [-0.15, -0.1) is 0 Å². The summed E-state index contributed by atoms with van der Waals surface area (Å²) in [5, 5.41) is 3.00. The van der Waals surface area contributed by atoms with Crippen LogP contribution < -0.4 is 5.32 Å². The van der Waals surface area contributed by atoms with Crippen molar-refractivity contribution < 1.29 is 4.79 Å². The fraction of sp³-hybridized carbons (Fsp3) is 0.545. The molecule has 0 aliphatic carbocycles. The highest BCUT2D eigenvalue weighted by Crippen LogP contribution is 2.09. The number of hydrogen-bond donors (Lipinski definition) is 2. The fourth-order valence-electron chi connectivity index (χ4n) is 0.902. The number of nitrogens with one attached hydrogen (secondary N) is 1. The molecule has 0 saturated heterocycles. The van der Waals surface area contributed by atoms with E-state index in [2.05, 4.69) is 41.8 Å². The van der Waals surface area contributed by atoms with Crippen LogP contribution >= 0.6 is 12.6 Å². The maximum atomic E-state index is 11.1. The van der Waals surface area contributed by atoms with E-state index in [4.69, 9.17) is 0 Å². The Kier molecular flexibility index (Phi) is 8.52. The smallest absolute Gasteiger partial charge is 0.165 e. The van der Waals surface area contributed by atoms with Crippen molar-refractivity contribution in [2.24, 2.45) is 0 Å². The van der Waals surface area contributed by atoms with Crippen molar-refractivity contribution in [3.8, 4) is 0 Å². The molecule has 1 heterocycles. The van der Waals surface area contributed by atoms with Crippen molar-refractivity contribution >= 4 is 24.2 Å². The second kappa shape index (κ2) is 9.15. The first-order valence-electron chi connectivity index (χ1n) is 5.32. The minimum absolute atomic E-state index is 0.0396. The third-order valence-corrected chi connectivity index (χ3v) is 1.72. The van der Waals surface area contributed by atoms with Crippen LogP contribution in [-0.4, -0.2) is 28.0 Å². The number of thiol groups is 1. The third kappa shape index (κ3) is 5.70. The van der Waals surface area contributed by atoms with E-state index < -0.39 is 0 Å². The highest BCUT2D eigenvalue weighted by Gasteiger charge is 2.06. The van der Waals surface area contributed by atoms with Gasteiger partial charge in [0.1, 0.15) is 12.1 Å². The van der Waals surface area contributed by atoms with Crippen LogP contribution in [0, 0.1) is 0 Å². The van der Waals surface area contributed by atoms with Gasteiger partial charge in [-0.05, 0) is 6.92 Å². The quantitative estimate of drug-likeness (QED) is 0.628. The molecule has 0 fully saturated rings. The second-order valence-corrected chi connectivity index (χ2v) is 3.65. The Morgan fingerprint density at radius 2 is 2.12 bits per heavy atom. The van der Waals surface area contributed by atoms with Gasteiger partial charge in [0, 0.05) is 18.5 Å². The van der Waals surface area contributed by atoms with Gasteiger partial charge in [0.15, 0.2) is 5.78 Å². The van der Waals surface area contributed by atoms with Gasteiger partial charge in [-0.1, -0.05) is 20.3 Å². The molecule has 0 atom stereocenters. The van der Waals surface area contributed by atoms with Gasteiger partial charge < -0.3 is 5.32 Å². The lowest BCUT2D eigenvalue weighted by molar-refractivity contribution is 0.101. The second-order valence-electron chi connectivity index (χ2n) is 3.20. The van der Waals surface area contributed by atoms with Gasteiger partial charge in [0.2, 0.25) is 0 Å². The summed E-state index contributed by atoms with van der Waals surface area (Å²) in [5.41, 5.74) is 0.518. The number of hydrogen-bond acceptors (Lipinski definition) is 5. The van der Waals surface area contributed by atoms with Crippen molar-refractivity contribution in [2.45, 2.75) is 27.2 Å². The first-order valence-corrected chi connectivity index (χ1v) is 5.96. The SMILES string of the molecule is CC(=O)c1cncnc1NCCS.CCC. The van der Waals surface area contributed by atoms with Crippen LogP contribution in [0.25, 0.3) is 0 Å². The van der Waals surface area contributed by atoms with Crippen molar-refractivity contribution in [2.75, 3.05) is 17.6 Å². The first kappa shape index (κ1) is 14.9. The molecule has 1 aromatic heterocycles. The standard InChI is InChI=1S/C8H11N3OS.C3H8/c1-6(12)7-4-9-5-11-8(7)10-2-3-13;1-3-2/h4-5,13H,2-3H2,1H3,(H,9,10,11);3H2,1-2H3. The highest BCUT2D eigenvalue weighted by molar-refractivity contribution is 7.80. The van der Waals surface area contributed by atoms with E-state index in [1.165, 1.54) is 25.9 Å². The normalized spacial score (nSPS) is 9.00. The summed E-state index contributed by atoms with van der Waals surface area (Å²) < 4.78 is 0. The van der Waals surface area contributed by atoms with E-state index in [9.17, 15) is 4.79 Å². The molecule has 0 aliphatic rings. The minimum atomic E-state index is -0.0396. The summed E-state index contributed by atoms with van der Waals surface area (Å²) in [6.45, 7) is 6.42. The molecule has 5 heteroatoms. The minimum Gasteiger partial charge on any atom is -0.369 e. The zero-order chi connectivity index (χ0) is 12.4. The average molecular weight is 241 g/mol. The highest BCUT2D eigenvalue weighted by atomic mass is 32.1. The topological polar surface area (TPSA) is 54.9 Å². The lowest BCUT2D eigenvalue weighted by Gasteiger charge is -2.05. The Morgan fingerprint density at radius 1 is 1.50 bits per heavy atom. The van der Waals surface area contributed by atoms with Gasteiger partial charge >= 0.3 is 0 Å². The van der Waals surface area contributed by atoms with Crippen LogP contribution in [0.4, 0.5) is 5.82 Å². The Labute approximate surface area is 102 Å². The summed E-state index contributed by atoms with van der Waals surface area (Å²) in [6, 6.07) is 0. The van der Waals surface area contributed by atoms with E-state index in [-0.39, 0.29) is 5.78 Å². The first-order chi connectivity index (χ1) is 7.67. The molecule has 0 spiro atoms. The predicted octanol–water partition coefficient (Wildman–Crippen LogP) is 2.44. The monoisotopic (exact) mass is 241 g/mol. The number of nitrogens with zero attached hydrogens (tertiary/aromatic N) is 2. The lowest BCUT2D eigenvalue weighted by atomic mass is 10.2. The maximum absolute atomic E-state index is 11.1. The molecule has 0 saturated carbocycles. The zero-order valence-electron chi connectivity index (χ0n) is 10.0. The van der Waals surface area contributed by atoms with E-state index in [0.29, 0.717) is 23.7 Å². The number of ketones is 1. The van der Waals surface area contributed by atoms with Crippen molar-refractivity contribution in [1.82, 2.24) is 9.97 Å². The molecule has 16 heavy (non-hydrogen) atoms. The molecular formula is C11H19N3OS. The third-order valence-electron chi connectivity index (χ3n) is 1.50. The molecule has 1 rings (SSSR count). The molecule has 90 valence electrons. The summed E-state index contributed by atoms with van der Waals surface area (Å²) >= 11 is 4.05. The van der Waals surface area contributed by atoms with E-state index in [1.807, 2.05) is 0 Å². The van der Waals surface area contributed by atoms with Gasteiger partial charge in [-0.2, -0.15) is 12.6 Å². The van der Waals surface area contributed by atoms with Crippen LogP contribution in [0.2, 0.25) is 0 Å². The van der Waals surface area contributed by atoms with Crippen molar-refractivity contribution in [1.29, 1.82) is 0 Å². The largest absolute Gasteiger partial charge is 0.369 e. The molecule has 1 N–H and O–H groups in total. The Balaban J connectivity index is 0.000000673. The van der Waals surface area contributed by atoms with Crippen LogP contribution in [-0.2, 0) is 0 Å². The van der Waals surface area contributed by atoms with E-state index in [0.717, 1.165) is 0 Å². The number of carbonyl (C=O) groups excluding carboxylic acids is 1. The van der Waals surface area contributed by atoms with Crippen molar-refractivity contribution in [3.63, 3.8) is 0 Å². The van der Waals surface area contributed by atoms with Gasteiger partial charge in [-0.3, -0.25) is 4.79 Å². The Hall–Kier alpha value is -1.10. The lowest BCUT2D eigenvalue weighted by Crippen LogP contribution is -2.09. The predicted molar refractivity (Wildman–Crippen MR) is 70.3 cm³/mol. The summed E-state index contributed by atoms with van der Waals surface area (Å²) in [4.78, 5) is 18.8. The van der Waals surface area contributed by atoms with Gasteiger partial charge in [0.05, 0.1) is 5.56 Å². The molecule has 4 nitrogen and oxygen atoms in total. The number of rotatable bonds is 4. The number of aromatic nitrogens is 2. The molecule has 1 aromatic rings. The molecule has 0 radical (unpaired) electrons. The molecule has 0 bridgehead atoms. The average Bonchev–Trinajstić information content (AvgIpc) is 2.27. The van der Waals surface area contributed by atoms with Crippen molar-refractivity contribution in [3.05, 3.63) is 18.1 Å². The van der Waals surface area contributed by atoms with E-state index >= 15 is 0 Å². The Morgan fingerprint density at radius 3 is 2.62 bits per heavy atom.